The number of carbonyl (C=O) groups is 1. The second kappa shape index (κ2) is 8.40. The van der Waals surface area contributed by atoms with E-state index in [-0.39, 0.29) is 0 Å². The van der Waals surface area contributed by atoms with Gasteiger partial charge in [0.25, 0.3) is 5.91 Å². The smallest absolute Gasteiger partial charge is 0.261 e. The van der Waals surface area contributed by atoms with E-state index < -0.39 is 5.91 Å². The summed E-state index contributed by atoms with van der Waals surface area (Å²) in [4.78, 5) is 22.1. The summed E-state index contributed by atoms with van der Waals surface area (Å²) in [6.07, 6.45) is 5.43. The molecule has 0 bridgehead atoms. The Morgan fingerprint density at radius 2 is 2.03 bits per heavy atom. The van der Waals surface area contributed by atoms with Crippen molar-refractivity contribution in [3.05, 3.63) is 83.5 Å². The van der Waals surface area contributed by atoms with E-state index >= 15 is 0 Å². The number of nitrogens with zero attached hydrogens (tertiary/aromatic N) is 4. The first-order chi connectivity index (χ1) is 16.0. The van der Waals surface area contributed by atoms with Crippen molar-refractivity contribution in [2.24, 2.45) is 0 Å². The summed E-state index contributed by atoms with van der Waals surface area (Å²) in [5, 5.41) is 7.46. The maximum Gasteiger partial charge on any atom is 0.261 e. The molecule has 2 aromatic carbocycles. The molecule has 8 nitrogen and oxygen atoms in total. The zero-order valence-corrected chi connectivity index (χ0v) is 18.5. The molecule has 1 amide bonds. The summed E-state index contributed by atoms with van der Waals surface area (Å²) in [7, 11) is 1.54. The van der Waals surface area contributed by atoms with Crippen molar-refractivity contribution in [2.45, 2.75) is 6.92 Å². The number of nitrogens with one attached hydrogen (secondary N) is 1. The van der Waals surface area contributed by atoms with Gasteiger partial charge in [-0.25, -0.2) is 9.97 Å². The van der Waals surface area contributed by atoms with Gasteiger partial charge in [0.05, 0.1) is 23.5 Å². The Balaban J connectivity index is 1.52. The highest BCUT2D eigenvalue weighted by atomic mass is 35.5. The number of amides is 1. The second-order valence-electron chi connectivity index (χ2n) is 7.26. The van der Waals surface area contributed by atoms with Crippen molar-refractivity contribution in [1.29, 1.82) is 0 Å². The molecule has 5 aromatic rings. The van der Waals surface area contributed by atoms with Crippen LogP contribution in [0.2, 0.25) is 5.02 Å². The number of aryl methyl sites for hydroxylation is 1. The second-order valence-corrected chi connectivity index (χ2v) is 7.67. The molecular formula is C24H18ClN5O3. The van der Waals surface area contributed by atoms with Crippen LogP contribution in [0.3, 0.4) is 0 Å². The molecule has 0 fully saturated rings. The molecule has 0 spiro atoms. The minimum atomic E-state index is -0.393. The molecule has 3 heterocycles. The Labute approximate surface area is 193 Å². The van der Waals surface area contributed by atoms with E-state index in [4.69, 9.17) is 20.9 Å². The summed E-state index contributed by atoms with van der Waals surface area (Å²) in [5.41, 5.74) is 3.27. The molecule has 0 saturated heterocycles. The third-order valence-corrected chi connectivity index (χ3v) is 5.53. The number of benzene rings is 2. The van der Waals surface area contributed by atoms with E-state index in [2.05, 4.69) is 20.4 Å². The van der Waals surface area contributed by atoms with Gasteiger partial charge in [0.1, 0.15) is 22.8 Å². The lowest BCUT2D eigenvalue weighted by Crippen LogP contribution is -2.14. The van der Waals surface area contributed by atoms with Crippen molar-refractivity contribution in [2.75, 3.05) is 12.4 Å². The van der Waals surface area contributed by atoms with Gasteiger partial charge >= 0.3 is 0 Å². The third-order valence-electron chi connectivity index (χ3n) is 5.20. The lowest BCUT2D eigenvalue weighted by molar-refractivity contribution is 0.102. The zero-order chi connectivity index (χ0) is 22.9. The fraction of sp³-hybridized carbons (Fsp3) is 0.0833. The van der Waals surface area contributed by atoms with Gasteiger partial charge in [0.15, 0.2) is 0 Å². The molecule has 3 aromatic heterocycles. The number of anilines is 1. The number of ether oxygens (including phenoxy) is 1. The number of aromatic nitrogens is 4. The number of fused-ring (bicyclic) bond motifs is 1. The number of rotatable bonds is 5. The van der Waals surface area contributed by atoms with Gasteiger partial charge < -0.3 is 14.6 Å². The lowest BCUT2D eigenvalue weighted by atomic mass is 10.1. The summed E-state index contributed by atoms with van der Waals surface area (Å²) in [5.74, 6) is 1.07. The van der Waals surface area contributed by atoms with Gasteiger partial charge in [-0.05, 0) is 37.3 Å². The Morgan fingerprint density at radius 3 is 2.82 bits per heavy atom. The molecule has 0 saturated carbocycles. The van der Waals surface area contributed by atoms with E-state index in [9.17, 15) is 4.79 Å². The topological polar surface area (TPSA) is 94.6 Å². The normalized spacial score (nSPS) is 11.0. The van der Waals surface area contributed by atoms with Crippen LogP contribution in [0.4, 0.5) is 5.69 Å². The highest BCUT2D eigenvalue weighted by Gasteiger charge is 2.24. The molecule has 0 aliphatic heterocycles. The van der Waals surface area contributed by atoms with E-state index in [1.807, 2.05) is 41.1 Å². The molecule has 0 aliphatic rings. The van der Waals surface area contributed by atoms with E-state index in [1.54, 1.807) is 44.5 Å². The van der Waals surface area contributed by atoms with Gasteiger partial charge in [-0.15, -0.1) is 0 Å². The summed E-state index contributed by atoms with van der Waals surface area (Å²) >= 11 is 6.33. The first kappa shape index (κ1) is 20.7. The molecule has 164 valence electrons. The van der Waals surface area contributed by atoms with Crippen LogP contribution >= 0.6 is 11.6 Å². The van der Waals surface area contributed by atoms with Gasteiger partial charge in [-0.1, -0.05) is 35.0 Å². The SMILES string of the molecule is COc1ccc(-c2cn3cccnc3n2)cc1NC(=O)c1c(-c2ccccc2Cl)noc1C. The van der Waals surface area contributed by atoms with Crippen LogP contribution in [0.15, 0.2) is 71.6 Å². The van der Waals surface area contributed by atoms with Gasteiger partial charge in [-0.2, -0.15) is 0 Å². The number of hydrogen-bond acceptors (Lipinski definition) is 6. The van der Waals surface area contributed by atoms with Crippen molar-refractivity contribution >= 4 is 29.0 Å². The maximum absolute atomic E-state index is 13.3. The Hall–Kier alpha value is -4.17. The minimum Gasteiger partial charge on any atom is -0.495 e. The molecule has 9 heteroatoms. The summed E-state index contributed by atoms with van der Waals surface area (Å²) in [6.45, 7) is 1.68. The molecular weight excluding hydrogens is 442 g/mol. The van der Waals surface area contributed by atoms with Crippen LogP contribution in [0.1, 0.15) is 16.1 Å². The van der Waals surface area contributed by atoms with Crippen LogP contribution in [0.25, 0.3) is 28.3 Å². The minimum absolute atomic E-state index is 0.299. The maximum atomic E-state index is 13.3. The third kappa shape index (κ3) is 3.81. The van der Waals surface area contributed by atoms with Crippen LogP contribution in [0, 0.1) is 6.92 Å². The Kier molecular flexibility index (Phi) is 5.27. The lowest BCUT2D eigenvalue weighted by Gasteiger charge is -2.12. The predicted octanol–water partition coefficient (Wildman–Crippen LogP) is 5.27. The van der Waals surface area contributed by atoms with E-state index in [0.29, 0.717) is 50.5 Å². The largest absolute Gasteiger partial charge is 0.495 e. The first-order valence-electron chi connectivity index (χ1n) is 10.1. The zero-order valence-electron chi connectivity index (χ0n) is 17.7. The van der Waals surface area contributed by atoms with Crippen LogP contribution in [-0.4, -0.2) is 32.5 Å². The highest BCUT2D eigenvalue weighted by molar-refractivity contribution is 6.33. The average molecular weight is 460 g/mol. The number of hydrogen-bond donors (Lipinski definition) is 1. The molecule has 0 aliphatic carbocycles. The number of imidazole rings is 1. The molecule has 1 N–H and O–H groups in total. The van der Waals surface area contributed by atoms with Crippen LogP contribution < -0.4 is 10.1 Å². The highest BCUT2D eigenvalue weighted by Crippen LogP contribution is 2.34. The fourth-order valence-corrected chi connectivity index (χ4v) is 3.82. The predicted molar refractivity (Wildman–Crippen MR) is 125 cm³/mol. The quantitative estimate of drug-likeness (QED) is 0.384. The fourth-order valence-electron chi connectivity index (χ4n) is 3.60. The number of halogens is 1. The molecule has 0 radical (unpaired) electrons. The van der Waals surface area contributed by atoms with E-state index in [0.717, 1.165) is 5.56 Å². The molecule has 33 heavy (non-hydrogen) atoms. The number of carbonyl (C=O) groups excluding carboxylic acids is 1. The Morgan fingerprint density at radius 1 is 1.18 bits per heavy atom. The molecule has 0 unspecified atom stereocenters. The van der Waals surface area contributed by atoms with Crippen molar-refractivity contribution < 1.29 is 14.1 Å². The van der Waals surface area contributed by atoms with Crippen LogP contribution in [-0.2, 0) is 0 Å². The van der Waals surface area contributed by atoms with Gasteiger partial charge in [-0.3, -0.25) is 9.20 Å². The van der Waals surface area contributed by atoms with Crippen molar-refractivity contribution in [3.63, 3.8) is 0 Å². The van der Waals surface area contributed by atoms with Crippen LogP contribution in [0.5, 0.6) is 5.75 Å². The molecule has 5 rings (SSSR count). The summed E-state index contributed by atoms with van der Waals surface area (Å²) < 4.78 is 12.6. The summed E-state index contributed by atoms with van der Waals surface area (Å²) in [6, 6.07) is 14.4. The first-order valence-corrected chi connectivity index (χ1v) is 10.4. The standard InChI is InChI=1S/C24H18ClN5O3/c1-14-21(22(29-33-14)16-6-3-4-7-17(16)25)23(31)27-18-12-15(8-9-20(18)32-2)19-13-30-11-5-10-26-24(30)28-19/h3-13H,1-2H3,(H,27,31). The van der Waals surface area contributed by atoms with E-state index in [1.165, 1.54) is 0 Å². The Bertz CT molecular complexity index is 1460. The molecule has 0 atom stereocenters. The van der Waals surface area contributed by atoms with Gasteiger partial charge in [0.2, 0.25) is 5.78 Å². The van der Waals surface area contributed by atoms with Crippen molar-refractivity contribution in [1.82, 2.24) is 19.5 Å². The monoisotopic (exact) mass is 459 g/mol. The number of methoxy groups -OCH3 is 1. The van der Waals surface area contributed by atoms with Crippen molar-refractivity contribution in [3.8, 4) is 28.3 Å². The average Bonchev–Trinajstić information content (AvgIpc) is 3.43. The van der Waals surface area contributed by atoms with Gasteiger partial charge in [0, 0.05) is 29.7 Å².